The SMILES string of the molecule is COc1cc(C[C@@H](C#N)NC(=O)C2CCOCC2)ccc1-c1ccccc1. The molecule has 1 amide bonds. The number of methoxy groups -OCH3 is 1. The second-order valence-electron chi connectivity index (χ2n) is 6.68. The third-order valence-corrected chi connectivity index (χ3v) is 4.85. The molecule has 140 valence electrons. The number of nitriles is 1. The van der Waals surface area contributed by atoms with Crippen LogP contribution in [0.1, 0.15) is 18.4 Å². The Morgan fingerprint density at radius 1 is 1.26 bits per heavy atom. The highest BCUT2D eigenvalue weighted by Crippen LogP contribution is 2.31. The van der Waals surface area contributed by atoms with Crippen molar-refractivity contribution in [2.45, 2.75) is 25.3 Å². The van der Waals surface area contributed by atoms with Gasteiger partial charge in [-0.05, 0) is 30.0 Å². The molecule has 2 aromatic rings. The van der Waals surface area contributed by atoms with Crippen LogP contribution in [-0.2, 0) is 16.0 Å². The molecule has 2 aromatic carbocycles. The average molecular weight is 364 g/mol. The molecule has 0 saturated carbocycles. The zero-order chi connectivity index (χ0) is 19.1. The number of hydrogen-bond acceptors (Lipinski definition) is 4. The summed E-state index contributed by atoms with van der Waals surface area (Å²) < 4.78 is 10.8. The third kappa shape index (κ3) is 4.87. The fourth-order valence-electron chi connectivity index (χ4n) is 3.33. The van der Waals surface area contributed by atoms with Gasteiger partial charge in [-0.3, -0.25) is 4.79 Å². The summed E-state index contributed by atoms with van der Waals surface area (Å²) in [7, 11) is 1.64. The van der Waals surface area contributed by atoms with Gasteiger partial charge in [-0.1, -0.05) is 42.5 Å². The minimum atomic E-state index is -0.562. The van der Waals surface area contributed by atoms with Gasteiger partial charge in [-0.15, -0.1) is 0 Å². The lowest BCUT2D eigenvalue weighted by Gasteiger charge is -2.22. The van der Waals surface area contributed by atoms with Crippen molar-refractivity contribution in [1.82, 2.24) is 5.32 Å². The van der Waals surface area contributed by atoms with Crippen molar-refractivity contribution in [3.05, 3.63) is 54.1 Å². The van der Waals surface area contributed by atoms with Gasteiger partial charge in [-0.2, -0.15) is 5.26 Å². The van der Waals surface area contributed by atoms with Gasteiger partial charge in [0.05, 0.1) is 13.2 Å². The van der Waals surface area contributed by atoms with E-state index >= 15 is 0 Å². The number of hydrogen-bond donors (Lipinski definition) is 1. The molecule has 5 heteroatoms. The Labute approximate surface area is 159 Å². The van der Waals surface area contributed by atoms with Gasteiger partial charge in [-0.25, -0.2) is 0 Å². The van der Waals surface area contributed by atoms with E-state index in [2.05, 4.69) is 11.4 Å². The van der Waals surface area contributed by atoms with Crippen LogP contribution >= 0.6 is 0 Å². The van der Waals surface area contributed by atoms with E-state index in [0.717, 1.165) is 22.4 Å². The molecule has 0 spiro atoms. The van der Waals surface area contributed by atoms with Crippen LogP contribution in [0.15, 0.2) is 48.5 Å². The van der Waals surface area contributed by atoms with Gasteiger partial charge in [0, 0.05) is 31.1 Å². The number of rotatable bonds is 6. The van der Waals surface area contributed by atoms with Crippen molar-refractivity contribution in [2.75, 3.05) is 20.3 Å². The summed E-state index contributed by atoms with van der Waals surface area (Å²) in [4.78, 5) is 12.4. The lowest BCUT2D eigenvalue weighted by Crippen LogP contribution is -2.41. The molecule has 1 N–H and O–H groups in total. The quantitative estimate of drug-likeness (QED) is 0.853. The van der Waals surface area contributed by atoms with Crippen LogP contribution in [0, 0.1) is 17.2 Å². The number of nitrogens with one attached hydrogen (secondary N) is 1. The molecule has 1 heterocycles. The summed E-state index contributed by atoms with van der Waals surface area (Å²) in [6, 6.07) is 17.6. The second kappa shape index (κ2) is 9.20. The van der Waals surface area contributed by atoms with Gasteiger partial charge in [0.1, 0.15) is 11.8 Å². The van der Waals surface area contributed by atoms with E-state index in [1.54, 1.807) is 7.11 Å². The lowest BCUT2D eigenvalue weighted by atomic mass is 9.97. The number of carbonyl (C=O) groups is 1. The fourth-order valence-corrected chi connectivity index (χ4v) is 3.33. The molecular weight excluding hydrogens is 340 g/mol. The monoisotopic (exact) mass is 364 g/mol. The Morgan fingerprint density at radius 3 is 2.67 bits per heavy atom. The highest BCUT2D eigenvalue weighted by Gasteiger charge is 2.24. The van der Waals surface area contributed by atoms with E-state index in [-0.39, 0.29) is 11.8 Å². The van der Waals surface area contributed by atoms with E-state index in [1.807, 2.05) is 48.5 Å². The normalized spacial score (nSPS) is 15.6. The standard InChI is InChI=1S/C22H24N2O3/c1-26-21-14-16(7-8-20(21)17-5-3-2-4-6-17)13-19(15-23)24-22(25)18-9-11-27-12-10-18/h2-8,14,18-19H,9-13H2,1H3,(H,24,25)/t19-/m0/s1. The molecule has 0 bridgehead atoms. The summed E-state index contributed by atoms with van der Waals surface area (Å²) in [6.45, 7) is 1.21. The topological polar surface area (TPSA) is 71.3 Å². The fraction of sp³-hybridized carbons (Fsp3) is 0.364. The number of carbonyl (C=O) groups excluding carboxylic acids is 1. The molecular formula is C22H24N2O3. The Hall–Kier alpha value is -2.84. The Kier molecular flexibility index (Phi) is 6.45. The molecule has 3 rings (SSSR count). The Balaban J connectivity index is 1.70. The smallest absolute Gasteiger partial charge is 0.224 e. The summed E-state index contributed by atoms with van der Waals surface area (Å²) in [5.41, 5.74) is 3.03. The van der Waals surface area contributed by atoms with Crippen LogP contribution < -0.4 is 10.1 Å². The van der Waals surface area contributed by atoms with E-state index in [1.165, 1.54) is 0 Å². The van der Waals surface area contributed by atoms with Crippen molar-refractivity contribution in [3.63, 3.8) is 0 Å². The molecule has 27 heavy (non-hydrogen) atoms. The number of nitrogens with zero attached hydrogens (tertiary/aromatic N) is 1. The zero-order valence-electron chi connectivity index (χ0n) is 15.5. The highest BCUT2D eigenvalue weighted by molar-refractivity contribution is 5.79. The maximum Gasteiger partial charge on any atom is 0.224 e. The van der Waals surface area contributed by atoms with Crippen molar-refractivity contribution >= 4 is 5.91 Å². The third-order valence-electron chi connectivity index (χ3n) is 4.85. The molecule has 0 radical (unpaired) electrons. The molecule has 0 aliphatic carbocycles. The minimum absolute atomic E-state index is 0.0577. The van der Waals surface area contributed by atoms with Gasteiger partial charge in [0.15, 0.2) is 0 Å². The summed E-state index contributed by atoms with van der Waals surface area (Å²) in [5, 5.41) is 12.3. The van der Waals surface area contributed by atoms with Crippen molar-refractivity contribution < 1.29 is 14.3 Å². The van der Waals surface area contributed by atoms with Crippen molar-refractivity contribution in [1.29, 1.82) is 5.26 Å². The largest absolute Gasteiger partial charge is 0.496 e. The Bertz CT molecular complexity index is 808. The Morgan fingerprint density at radius 2 is 2.00 bits per heavy atom. The number of ether oxygens (including phenoxy) is 2. The average Bonchev–Trinajstić information content (AvgIpc) is 2.74. The zero-order valence-corrected chi connectivity index (χ0v) is 15.5. The highest BCUT2D eigenvalue weighted by atomic mass is 16.5. The van der Waals surface area contributed by atoms with E-state index in [9.17, 15) is 10.1 Å². The summed E-state index contributed by atoms with van der Waals surface area (Å²) in [5.74, 6) is 0.633. The molecule has 1 aliphatic heterocycles. The predicted octanol–water partition coefficient (Wildman–Crippen LogP) is 3.34. The van der Waals surface area contributed by atoms with Crippen molar-refractivity contribution in [3.8, 4) is 22.9 Å². The first-order chi connectivity index (χ1) is 13.2. The van der Waals surface area contributed by atoms with Gasteiger partial charge < -0.3 is 14.8 Å². The molecule has 1 saturated heterocycles. The van der Waals surface area contributed by atoms with E-state index < -0.39 is 6.04 Å². The summed E-state index contributed by atoms with van der Waals surface area (Å²) >= 11 is 0. The van der Waals surface area contributed by atoms with Crippen LogP contribution in [0.4, 0.5) is 0 Å². The van der Waals surface area contributed by atoms with Crippen LogP contribution in [0.5, 0.6) is 5.75 Å². The lowest BCUT2D eigenvalue weighted by molar-refractivity contribution is -0.128. The number of benzene rings is 2. The first-order valence-corrected chi connectivity index (χ1v) is 9.21. The molecule has 1 fully saturated rings. The van der Waals surface area contributed by atoms with Gasteiger partial charge in [0.25, 0.3) is 0 Å². The predicted molar refractivity (Wildman–Crippen MR) is 103 cm³/mol. The molecule has 1 atom stereocenters. The van der Waals surface area contributed by atoms with Crippen molar-refractivity contribution in [2.24, 2.45) is 5.92 Å². The molecule has 0 aromatic heterocycles. The van der Waals surface area contributed by atoms with E-state index in [4.69, 9.17) is 9.47 Å². The van der Waals surface area contributed by atoms with Crippen LogP contribution in [-0.4, -0.2) is 32.3 Å². The maximum absolute atomic E-state index is 12.4. The molecule has 1 aliphatic rings. The number of amides is 1. The minimum Gasteiger partial charge on any atom is -0.496 e. The first kappa shape index (κ1) is 18.9. The van der Waals surface area contributed by atoms with Gasteiger partial charge in [0.2, 0.25) is 5.91 Å². The second-order valence-corrected chi connectivity index (χ2v) is 6.68. The molecule has 0 unspecified atom stereocenters. The molecule has 5 nitrogen and oxygen atoms in total. The maximum atomic E-state index is 12.4. The van der Waals surface area contributed by atoms with E-state index in [0.29, 0.717) is 32.5 Å². The van der Waals surface area contributed by atoms with Crippen LogP contribution in [0.2, 0.25) is 0 Å². The van der Waals surface area contributed by atoms with Gasteiger partial charge >= 0.3 is 0 Å². The van der Waals surface area contributed by atoms with Crippen LogP contribution in [0.25, 0.3) is 11.1 Å². The summed E-state index contributed by atoms with van der Waals surface area (Å²) in [6.07, 6.45) is 1.87. The van der Waals surface area contributed by atoms with Crippen LogP contribution in [0.3, 0.4) is 0 Å². The first-order valence-electron chi connectivity index (χ1n) is 9.21.